The van der Waals surface area contributed by atoms with Gasteiger partial charge in [-0.3, -0.25) is 4.79 Å². The maximum absolute atomic E-state index is 12.7. The molecule has 0 unspecified atom stereocenters. The van der Waals surface area contributed by atoms with Gasteiger partial charge in [0.1, 0.15) is 18.3 Å². The van der Waals surface area contributed by atoms with Crippen LogP contribution in [0.1, 0.15) is 42.4 Å². The Kier molecular flexibility index (Phi) is 4.47. The van der Waals surface area contributed by atoms with Crippen molar-refractivity contribution >= 4 is 22.5 Å². The molecule has 2 aromatic heterocycles. The number of benzene rings is 2. The highest BCUT2D eigenvalue weighted by molar-refractivity contribution is 6.06. The van der Waals surface area contributed by atoms with E-state index in [1.165, 1.54) is 11.9 Å². The third kappa shape index (κ3) is 3.81. The third-order valence-corrected chi connectivity index (χ3v) is 4.73. The van der Waals surface area contributed by atoms with Crippen LogP contribution in [0.2, 0.25) is 0 Å². The summed E-state index contributed by atoms with van der Waals surface area (Å²) in [5, 5.41) is 8.11. The zero-order valence-corrected chi connectivity index (χ0v) is 16.2. The van der Waals surface area contributed by atoms with E-state index >= 15 is 0 Å². The smallest absolute Gasteiger partial charge is 0.272 e. The average molecular weight is 373 g/mol. The van der Waals surface area contributed by atoms with Crippen LogP contribution in [0.25, 0.3) is 10.9 Å². The number of aromatic nitrogens is 4. The summed E-state index contributed by atoms with van der Waals surface area (Å²) in [6.45, 7) is 7.14. The van der Waals surface area contributed by atoms with Gasteiger partial charge in [-0.15, -0.1) is 0 Å². The number of hydrogen-bond acceptors (Lipinski definition) is 3. The van der Waals surface area contributed by atoms with E-state index in [9.17, 15) is 4.79 Å². The minimum Gasteiger partial charge on any atom is -0.351 e. The van der Waals surface area contributed by atoms with Crippen LogP contribution in [-0.4, -0.2) is 25.7 Å². The Hall–Kier alpha value is -3.41. The minimum absolute atomic E-state index is 0.0618. The normalized spacial score (nSPS) is 11.7. The molecular formula is C22H23N5O. The Morgan fingerprint density at radius 3 is 2.75 bits per heavy atom. The number of fused-ring (bicyclic) bond motifs is 1. The first-order valence-corrected chi connectivity index (χ1v) is 9.24. The molecule has 1 amide bonds. The molecule has 0 atom stereocenters. The second-order valence-corrected chi connectivity index (χ2v) is 7.98. The van der Waals surface area contributed by atoms with E-state index in [-0.39, 0.29) is 11.3 Å². The maximum atomic E-state index is 12.7. The Balaban J connectivity index is 1.53. The molecule has 2 heterocycles. The van der Waals surface area contributed by atoms with E-state index in [4.69, 9.17) is 0 Å². The summed E-state index contributed by atoms with van der Waals surface area (Å²) >= 11 is 0. The zero-order chi connectivity index (χ0) is 19.7. The first-order valence-electron chi connectivity index (χ1n) is 9.24. The highest BCUT2D eigenvalue weighted by Gasteiger charge is 2.16. The van der Waals surface area contributed by atoms with Gasteiger partial charge in [0, 0.05) is 16.6 Å². The van der Waals surface area contributed by atoms with Gasteiger partial charge in [0.25, 0.3) is 5.91 Å². The standard InChI is InChI=1S/C22H23N5O/c1-22(2,3)17-8-7-16-10-20(26-19(16)11-17)21(28)25-18-6-4-5-15(9-18)12-27-14-23-13-24-27/h4-11,13-14,26H,12H2,1-3H3,(H,25,28). The van der Waals surface area contributed by atoms with E-state index in [0.29, 0.717) is 12.2 Å². The number of nitrogens with one attached hydrogen (secondary N) is 2. The number of carbonyl (C=O) groups is 1. The van der Waals surface area contributed by atoms with Crippen molar-refractivity contribution < 1.29 is 4.79 Å². The van der Waals surface area contributed by atoms with E-state index in [2.05, 4.69) is 59.4 Å². The van der Waals surface area contributed by atoms with Crippen LogP contribution >= 0.6 is 0 Å². The van der Waals surface area contributed by atoms with Crippen molar-refractivity contribution in [2.24, 2.45) is 0 Å². The number of H-pyrrole nitrogens is 1. The van der Waals surface area contributed by atoms with Crippen LogP contribution in [-0.2, 0) is 12.0 Å². The van der Waals surface area contributed by atoms with Crippen LogP contribution in [0.15, 0.2) is 61.2 Å². The van der Waals surface area contributed by atoms with Gasteiger partial charge in [0.05, 0.1) is 6.54 Å². The van der Waals surface area contributed by atoms with Crippen LogP contribution in [0.4, 0.5) is 5.69 Å². The molecule has 4 rings (SSSR count). The molecule has 142 valence electrons. The molecule has 0 saturated heterocycles. The lowest BCUT2D eigenvalue weighted by Crippen LogP contribution is -2.12. The number of aromatic amines is 1. The summed E-state index contributed by atoms with van der Waals surface area (Å²) in [6.07, 6.45) is 3.17. The number of rotatable bonds is 4. The lowest BCUT2D eigenvalue weighted by molar-refractivity contribution is 0.102. The quantitative estimate of drug-likeness (QED) is 0.558. The molecule has 0 aliphatic carbocycles. The van der Waals surface area contributed by atoms with Gasteiger partial charge < -0.3 is 10.3 Å². The summed E-state index contributed by atoms with van der Waals surface area (Å²) in [5.41, 5.74) is 4.59. The molecule has 0 bridgehead atoms. The first-order chi connectivity index (χ1) is 13.4. The van der Waals surface area contributed by atoms with Gasteiger partial charge >= 0.3 is 0 Å². The molecule has 4 aromatic rings. The Morgan fingerprint density at radius 2 is 2.00 bits per heavy atom. The van der Waals surface area contributed by atoms with E-state index in [1.54, 1.807) is 11.0 Å². The largest absolute Gasteiger partial charge is 0.351 e. The molecular weight excluding hydrogens is 350 g/mol. The van der Waals surface area contributed by atoms with E-state index in [1.807, 2.05) is 30.3 Å². The first kappa shape index (κ1) is 18.0. The second-order valence-electron chi connectivity index (χ2n) is 7.98. The summed E-state index contributed by atoms with van der Waals surface area (Å²) in [4.78, 5) is 19.9. The molecule has 0 aliphatic heterocycles. The van der Waals surface area contributed by atoms with Gasteiger partial charge in [-0.25, -0.2) is 9.67 Å². The van der Waals surface area contributed by atoms with Crippen molar-refractivity contribution in [2.45, 2.75) is 32.7 Å². The fourth-order valence-electron chi connectivity index (χ4n) is 3.16. The van der Waals surface area contributed by atoms with E-state index < -0.39 is 0 Å². The Morgan fingerprint density at radius 1 is 1.14 bits per heavy atom. The molecule has 0 fully saturated rings. The summed E-state index contributed by atoms with van der Waals surface area (Å²) < 4.78 is 1.74. The minimum atomic E-state index is -0.161. The topological polar surface area (TPSA) is 75.6 Å². The van der Waals surface area contributed by atoms with Gasteiger partial charge in [-0.2, -0.15) is 5.10 Å². The lowest BCUT2D eigenvalue weighted by atomic mass is 9.87. The van der Waals surface area contributed by atoms with Crippen LogP contribution in [0.5, 0.6) is 0 Å². The van der Waals surface area contributed by atoms with Crippen LogP contribution in [0, 0.1) is 0 Å². The average Bonchev–Trinajstić information content (AvgIpc) is 3.30. The molecule has 0 aliphatic rings. The fraction of sp³-hybridized carbons (Fsp3) is 0.227. The number of hydrogen-bond donors (Lipinski definition) is 2. The van der Waals surface area contributed by atoms with Crippen molar-refractivity contribution in [3.63, 3.8) is 0 Å². The molecule has 0 radical (unpaired) electrons. The Bertz CT molecular complexity index is 1120. The lowest BCUT2D eigenvalue weighted by Gasteiger charge is -2.18. The van der Waals surface area contributed by atoms with Crippen molar-refractivity contribution in [1.29, 1.82) is 0 Å². The predicted molar refractivity (Wildman–Crippen MR) is 111 cm³/mol. The highest BCUT2D eigenvalue weighted by atomic mass is 16.1. The number of amides is 1. The van der Waals surface area contributed by atoms with Crippen LogP contribution in [0.3, 0.4) is 0 Å². The predicted octanol–water partition coefficient (Wildman–Crippen LogP) is 4.36. The molecule has 6 nitrogen and oxygen atoms in total. The fourth-order valence-corrected chi connectivity index (χ4v) is 3.16. The third-order valence-electron chi connectivity index (χ3n) is 4.73. The van der Waals surface area contributed by atoms with Crippen molar-refractivity contribution in [2.75, 3.05) is 5.32 Å². The highest BCUT2D eigenvalue weighted by Crippen LogP contribution is 2.26. The van der Waals surface area contributed by atoms with Crippen molar-refractivity contribution in [3.05, 3.63) is 78.0 Å². The number of nitrogens with zero attached hydrogens (tertiary/aromatic N) is 3. The molecule has 6 heteroatoms. The summed E-state index contributed by atoms with van der Waals surface area (Å²) in [7, 11) is 0. The summed E-state index contributed by atoms with van der Waals surface area (Å²) in [6, 6.07) is 15.9. The molecule has 0 spiro atoms. The van der Waals surface area contributed by atoms with Gasteiger partial charge in [0.2, 0.25) is 0 Å². The van der Waals surface area contributed by atoms with Gasteiger partial charge in [0.15, 0.2) is 0 Å². The van der Waals surface area contributed by atoms with E-state index in [0.717, 1.165) is 22.2 Å². The molecule has 2 N–H and O–H groups in total. The monoisotopic (exact) mass is 373 g/mol. The number of carbonyl (C=O) groups excluding carboxylic acids is 1. The molecule has 28 heavy (non-hydrogen) atoms. The van der Waals surface area contributed by atoms with Gasteiger partial charge in [-0.05, 0) is 40.8 Å². The van der Waals surface area contributed by atoms with Gasteiger partial charge in [-0.1, -0.05) is 45.0 Å². The number of anilines is 1. The van der Waals surface area contributed by atoms with Crippen molar-refractivity contribution in [1.82, 2.24) is 19.7 Å². The molecule has 2 aromatic carbocycles. The zero-order valence-electron chi connectivity index (χ0n) is 16.2. The maximum Gasteiger partial charge on any atom is 0.272 e. The van der Waals surface area contributed by atoms with Crippen LogP contribution < -0.4 is 5.32 Å². The molecule has 0 saturated carbocycles. The second kappa shape index (κ2) is 6.96. The van der Waals surface area contributed by atoms with Crippen molar-refractivity contribution in [3.8, 4) is 0 Å². The SMILES string of the molecule is CC(C)(C)c1ccc2cc(C(=O)Nc3cccc(Cn4cncn4)c3)[nH]c2c1. The Labute approximate surface area is 163 Å². The summed E-state index contributed by atoms with van der Waals surface area (Å²) in [5.74, 6) is -0.161.